The summed E-state index contributed by atoms with van der Waals surface area (Å²) in [4.78, 5) is 57.3. The van der Waals surface area contributed by atoms with Crippen LogP contribution in [0.15, 0.2) is 60.7 Å². The number of anilines is 2. The molecule has 2 aliphatic heterocycles. The van der Waals surface area contributed by atoms with E-state index in [-0.39, 0.29) is 23.6 Å². The number of carbonyl (C=O) groups is 4. The Hall–Kier alpha value is -3.22. The second kappa shape index (κ2) is 8.15. The van der Waals surface area contributed by atoms with Gasteiger partial charge in [-0.2, -0.15) is 0 Å². The van der Waals surface area contributed by atoms with Crippen molar-refractivity contribution in [2.75, 3.05) is 9.80 Å². The highest BCUT2D eigenvalue weighted by Gasteiger charge is 2.61. The van der Waals surface area contributed by atoms with Gasteiger partial charge in [0, 0.05) is 10.0 Å². The van der Waals surface area contributed by atoms with Crippen molar-refractivity contribution in [1.29, 1.82) is 0 Å². The van der Waals surface area contributed by atoms with Gasteiger partial charge in [0.15, 0.2) is 0 Å². The first-order chi connectivity index (χ1) is 17.2. The molecule has 6 nitrogen and oxygen atoms in total. The maximum Gasteiger partial charge on any atom is 0.241 e. The minimum Gasteiger partial charge on any atom is -0.273 e. The minimum atomic E-state index is -0.625. The van der Waals surface area contributed by atoms with Crippen molar-refractivity contribution in [3.05, 3.63) is 81.9 Å². The molecule has 2 aromatic rings. The number of benzene rings is 2. The number of rotatable bonds is 2. The average molecular weight is 521 g/mol. The van der Waals surface area contributed by atoms with Crippen LogP contribution in [-0.2, 0) is 19.2 Å². The molecule has 2 heterocycles. The third kappa shape index (κ3) is 3.04. The van der Waals surface area contributed by atoms with E-state index in [1.165, 1.54) is 9.80 Å². The number of amides is 4. The van der Waals surface area contributed by atoms with E-state index in [1.54, 1.807) is 74.5 Å². The number of piperidine rings is 2. The molecule has 2 unspecified atom stereocenters. The summed E-state index contributed by atoms with van der Waals surface area (Å²) >= 11 is 12.6. The molecule has 8 heteroatoms. The molecule has 6 atom stereocenters. The van der Waals surface area contributed by atoms with E-state index in [1.807, 2.05) is 0 Å². The number of imide groups is 2. The lowest BCUT2D eigenvalue weighted by molar-refractivity contribution is -0.148. The molecular formula is C28H22Cl2N2O4. The molecule has 2 aliphatic carbocycles. The zero-order chi connectivity index (χ0) is 25.5. The maximum atomic E-state index is 13.7. The Bertz CT molecular complexity index is 1270. The molecule has 182 valence electrons. The summed E-state index contributed by atoms with van der Waals surface area (Å²) in [5, 5.41) is 0.933. The number of hydrogen-bond donors (Lipinski definition) is 0. The summed E-state index contributed by atoms with van der Waals surface area (Å²) in [5.74, 6) is -4.87. The number of nitrogens with zero attached hydrogens (tertiary/aromatic N) is 2. The van der Waals surface area contributed by atoms with E-state index < -0.39 is 35.5 Å². The van der Waals surface area contributed by atoms with Gasteiger partial charge in [-0.3, -0.25) is 19.2 Å². The first kappa shape index (κ1) is 23.2. The first-order valence-corrected chi connectivity index (χ1v) is 12.6. The highest BCUT2D eigenvalue weighted by atomic mass is 35.5. The zero-order valence-corrected chi connectivity index (χ0v) is 21.0. The second-order valence-corrected chi connectivity index (χ2v) is 10.6. The quantitative estimate of drug-likeness (QED) is 0.417. The van der Waals surface area contributed by atoms with E-state index in [4.69, 9.17) is 23.2 Å². The van der Waals surface area contributed by atoms with Crippen molar-refractivity contribution < 1.29 is 19.2 Å². The lowest BCUT2D eigenvalue weighted by atomic mass is 9.55. The predicted molar refractivity (Wildman–Crippen MR) is 137 cm³/mol. The molecule has 4 amide bonds. The predicted octanol–water partition coefficient (Wildman–Crippen LogP) is 4.89. The molecule has 2 aromatic carbocycles. The van der Waals surface area contributed by atoms with Crippen LogP contribution in [-0.4, -0.2) is 23.6 Å². The topological polar surface area (TPSA) is 74.8 Å². The summed E-state index contributed by atoms with van der Waals surface area (Å²) < 4.78 is 0. The van der Waals surface area contributed by atoms with Gasteiger partial charge in [0.05, 0.1) is 35.0 Å². The summed E-state index contributed by atoms with van der Waals surface area (Å²) in [6.07, 6.45) is 6.97. The van der Waals surface area contributed by atoms with Gasteiger partial charge in [-0.1, -0.05) is 59.6 Å². The molecular weight excluding hydrogens is 499 g/mol. The number of halogens is 2. The van der Waals surface area contributed by atoms with Gasteiger partial charge in [0.25, 0.3) is 0 Å². The zero-order valence-electron chi connectivity index (χ0n) is 19.5. The maximum absolute atomic E-state index is 13.7. The lowest BCUT2D eigenvalue weighted by Crippen LogP contribution is -2.64. The van der Waals surface area contributed by atoms with E-state index in [9.17, 15) is 19.2 Å². The summed E-state index contributed by atoms with van der Waals surface area (Å²) in [7, 11) is 0. The Kier molecular flexibility index (Phi) is 5.25. The van der Waals surface area contributed by atoms with E-state index in [2.05, 4.69) is 0 Å². The van der Waals surface area contributed by atoms with Crippen molar-refractivity contribution in [3.63, 3.8) is 0 Å². The van der Waals surface area contributed by atoms with Crippen molar-refractivity contribution in [3.8, 4) is 0 Å². The Balaban J connectivity index is 1.45. The van der Waals surface area contributed by atoms with Gasteiger partial charge in [0.1, 0.15) is 0 Å². The molecule has 0 bridgehead atoms. The molecule has 0 spiro atoms. The molecule has 6 rings (SSSR count). The molecule has 4 aliphatic rings. The van der Waals surface area contributed by atoms with Crippen LogP contribution in [0.4, 0.5) is 11.4 Å². The first-order valence-electron chi connectivity index (χ1n) is 11.8. The van der Waals surface area contributed by atoms with Gasteiger partial charge in [0.2, 0.25) is 23.6 Å². The monoisotopic (exact) mass is 520 g/mol. The van der Waals surface area contributed by atoms with Gasteiger partial charge in [-0.15, -0.1) is 0 Å². The molecule has 0 aromatic heterocycles. The normalized spacial score (nSPS) is 30.7. The van der Waals surface area contributed by atoms with Gasteiger partial charge in [-0.05, 0) is 61.1 Å². The molecule has 2 fully saturated rings. The summed E-state index contributed by atoms with van der Waals surface area (Å²) in [6.45, 7) is 3.54. The van der Waals surface area contributed by atoms with E-state index >= 15 is 0 Å². The van der Waals surface area contributed by atoms with Crippen LogP contribution in [0.5, 0.6) is 0 Å². The minimum absolute atomic E-state index is 0.358. The smallest absolute Gasteiger partial charge is 0.241 e. The number of carbonyl (C=O) groups excluding carboxylic acids is 4. The van der Waals surface area contributed by atoms with Crippen LogP contribution < -0.4 is 9.80 Å². The third-order valence-corrected chi connectivity index (χ3v) is 8.96. The third-order valence-electron chi connectivity index (χ3n) is 8.14. The van der Waals surface area contributed by atoms with Crippen molar-refractivity contribution in [1.82, 2.24) is 0 Å². The summed E-state index contributed by atoms with van der Waals surface area (Å²) in [5.41, 5.74) is 2.20. The van der Waals surface area contributed by atoms with E-state index in [0.717, 1.165) is 0 Å². The Morgan fingerprint density at radius 1 is 0.556 bits per heavy atom. The Morgan fingerprint density at radius 3 is 1.17 bits per heavy atom. The van der Waals surface area contributed by atoms with Gasteiger partial charge < -0.3 is 0 Å². The van der Waals surface area contributed by atoms with Crippen LogP contribution in [0.25, 0.3) is 0 Å². The fraction of sp³-hybridized carbons (Fsp3) is 0.286. The van der Waals surface area contributed by atoms with Crippen LogP contribution in [0, 0.1) is 49.4 Å². The van der Waals surface area contributed by atoms with Crippen LogP contribution in [0.1, 0.15) is 11.1 Å². The van der Waals surface area contributed by atoms with Crippen LogP contribution >= 0.6 is 23.2 Å². The molecule has 0 radical (unpaired) electrons. The fourth-order valence-electron chi connectivity index (χ4n) is 6.35. The standard InChI is InChI=1S/C28H22Cl2N2O4/c1-13-19(29)5-3-7-21(13)31-25(33)15-9-11-17-24-18(12-10-16(23(15)24)26(31)34)28(36)32(27(17)35)22-8-4-6-20(30)14(22)2/h3-12,15-18,23-24H,1-2H3/t15-,16+,17-,18+,23?,24?. The molecule has 0 N–H and O–H groups in total. The van der Waals surface area contributed by atoms with E-state index in [0.29, 0.717) is 32.5 Å². The SMILES string of the molecule is Cc1c(Cl)cccc1N1C(=O)[C@H]2C=C[C@@H]3C(=O)N(c4cccc(Cl)c4C)C(=O)[C@@H]4C=C[C@@H](C1=O)C2C34. The van der Waals surface area contributed by atoms with Crippen molar-refractivity contribution >= 4 is 58.2 Å². The second-order valence-electron chi connectivity index (χ2n) is 9.82. The van der Waals surface area contributed by atoms with Gasteiger partial charge in [-0.25, -0.2) is 9.80 Å². The highest BCUT2D eigenvalue weighted by Crippen LogP contribution is 2.54. The molecule has 0 saturated carbocycles. The van der Waals surface area contributed by atoms with Crippen LogP contribution in [0.3, 0.4) is 0 Å². The van der Waals surface area contributed by atoms with Crippen LogP contribution in [0.2, 0.25) is 10.0 Å². The van der Waals surface area contributed by atoms with Crippen molar-refractivity contribution in [2.45, 2.75) is 13.8 Å². The summed E-state index contributed by atoms with van der Waals surface area (Å²) in [6, 6.07) is 10.3. The Labute approximate surface area is 218 Å². The highest BCUT2D eigenvalue weighted by molar-refractivity contribution is 6.33. The average Bonchev–Trinajstić information content (AvgIpc) is 2.86. The van der Waals surface area contributed by atoms with Crippen molar-refractivity contribution in [2.24, 2.45) is 35.5 Å². The molecule has 36 heavy (non-hydrogen) atoms. The fourth-order valence-corrected chi connectivity index (χ4v) is 6.69. The largest absolute Gasteiger partial charge is 0.273 e. The van der Waals surface area contributed by atoms with Gasteiger partial charge >= 0.3 is 0 Å². The molecule has 2 saturated heterocycles. The lowest BCUT2D eigenvalue weighted by Gasteiger charge is -2.53. The Morgan fingerprint density at radius 2 is 0.861 bits per heavy atom. The number of hydrogen-bond acceptors (Lipinski definition) is 4.